The number of ketones is 1. The maximum atomic E-state index is 11.4. The molecular weight excluding hydrogens is 236 g/mol. The van der Waals surface area contributed by atoms with Crippen molar-refractivity contribution in [2.24, 2.45) is 0 Å². The summed E-state index contributed by atoms with van der Waals surface area (Å²) in [5.41, 5.74) is 8.59. The van der Waals surface area contributed by atoms with Crippen molar-refractivity contribution in [3.63, 3.8) is 0 Å². The summed E-state index contributed by atoms with van der Waals surface area (Å²) < 4.78 is 9.80. The molecule has 1 aromatic rings. The van der Waals surface area contributed by atoms with E-state index in [1.54, 1.807) is 31.4 Å². The second-order valence-electron chi connectivity index (χ2n) is 3.43. The van der Waals surface area contributed by atoms with Gasteiger partial charge in [-0.2, -0.15) is 4.79 Å². The Morgan fingerprint density at radius 1 is 1.28 bits per heavy atom. The van der Waals surface area contributed by atoms with Gasteiger partial charge in [0.1, 0.15) is 12.4 Å². The van der Waals surface area contributed by atoms with E-state index < -0.39 is 17.5 Å². The number of ether oxygens (including phenoxy) is 2. The van der Waals surface area contributed by atoms with E-state index >= 15 is 0 Å². The van der Waals surface area contributed by atoms with Gasteiger partial charge in [0.15, 0.2) is 0 Å². The van der Waals surface area contributed by atoms with Gasteiger partial charge < -0.3 is 15.0 Å². The molecule has 0 atom stereocenters. The van der Waals surface area contributed by atoms with Crippen LogP contribution in [0.3, 0.4) is 0 Å². The first-order chi connectivity index (χ1) is 8.58. The second kappa shape index (κ2) is 6.32. The van der Waals surface area contributed by atoms with E-state index in [2.05, 4.69) is 4.79 Å². The SMILES string of the molecule is COc1ccc(COC(=O)C(=[N+]=[N-])C(C)=O)cc1. The Bertz CT molecular complexity index is 501. The molecule has 0 fully saturated rings. The smallest absolute Gasteiger partial charge is 0.441 e. The lowest BCUT2D eigenvalue weighted by atomic mass is 10.2. The molecule has 6 nitrogen and oxygen atoms in total. The zero-order valence-corrected chi connectivity index (χ0v) is 10.0. The van der Waals surface area contributed by atoms with Gasteiger partial charge in [-0.15, -0.1) is 0 Å². The molecule has 0 N–H and O–H groups in total. The molecule has 0 bridgehead atoms. The van der Waals surface area contributed by atoms with Crippen LogP contribution in [0.1, 0.15) is 12.5 Å². The molecule has 0 saturated carbocycles. The number of carbonyl (C=O) groups is 2. The normalized spacial score (nSPS) is 9.22. The maximum absolute atomic E-state index is 11.4. The van der Waals surface area contributed by atoms with Gasteiger partial charge in [-0.3, -0.25) is 4.79 Å². The predicted molar refractivity (Wildman–Crippen MR) is 62.1 cm³/mol. The second-order valence-corrected chi connectivity index (χ2v) is 3.43. The summed E-state index contributed by atoms with van der Waals surface area (Å²) >= 11 is 0. The molecule has 0 aliphatic rings. The van der Waals surface area contributed by atoms with Crippen molar-refractivity contribution >= 4 is 17.5 Å². The van der Waals surface area contributed by atoms with Crippen LogP contribution >= 0.6 is 0 Å². The average molecular weight is 248 g/mol. The summed E-state index contributed by atoms with van der Waals surface area (Å²) in [4.78, 5) is 24.9. The molecular formula is C12H12N2O4. The van der Waals surface area contributed by atoms with Gasteiger partial charge in [-0.1, -0.05) is 12.1 Å². The highest BCUT2D eigenvalue weighted by molar-refractivity contribution is 6.61. The summed E-state index contributed by atoms with van der Waals surface area (Å²) in [6.07, 6.45) is 0. The van der Waals surface area contributed by atoms with E-state index in [1.807, 2.05) is 0 Å². The van der Waals surface area contributed by atoms with Crippen LogP contribution in [0.15, 0.2) is 24.3 Å². The lowest BCUT2D eigenvalue weighted by Gasteiger charge is -2.03. The molecule has 0 aliphatic heterocycles. The molecule has 0 unspecified atom stereocenters. The summed E-state index contributed by atoms with van der Waals surface area (Å²) in [7, 11) is 1.55. The highest BCUT2D eigenvalue weighted by atomic mass is 16.5. The number of hydrogen-bond donors (Lipinski definition) is 0. The number of benzene rings is 1. The number of nitrogens with zero attached hydrogens (tertiary/aromatic N) is 2. The first kappa shape index (κ1) is 13.6. The van der Waals surface area contributed by atoms with Crippen molar-refractivity contribution in [2.75, 3.05) is 7.11 Å². The van der Waals surface area contributed by atoms with Crippen LogP contribution in [-0.2, 0) is 20.9 Å². The van der Waals surface area contributed by atoms with Crippen LogP contribution in [0.25, 0.3) is 5.53 Å². The first-order valence-corrected chi connectivity index (χ1v) is 5.11. The third-order valence-electron chi connectivity index (χ3n) is 2.16. The third-order valence-corrected chi connectivity index (χ3v) is 2.16. The van der Waals surface area contributed by atoms with Gasteiger partial charge in [-0.25, -0.2) is 4.79 Å². The Hall–Kier alpha value is -2.46. The van der Waals surface area contributed by atoms with E-state index in [4.69, 9.17) is 15.0 Å². The van der Waals surface area contributed by atoms with Gasteiger partial charge in [0, 0.05) is 6.92 Å². The summed E-state index contributed by atoms with van der Waals surface area (Å²) in [6, 6.07) is 6.87. The van der Waals surface area contributed by atoms with Crippen molar-refractivity contribution in [1.29, 1.82) is 0 Å². The summed E-state index contributed by atoms with van der Waals surface area (Å²) in [5.74, 6) is -0.926. The molecule has 1 aromatic carbocycles. The molecule has 6 heteroatoms. The Morgan fingerprint density at radius 3 is 2.33 bits per heavy atom. The largest absolute Gasteiger partial charge is 0.497 e. The summed E-state index contributed by atoms with van der Waals surface area (Å²) in [6.45, 7) is 1.10. The molecule has 0 saturated heterocycles. The molecule has 0 amide bonds. The first-order valence-electron chi connectivity index (χ1n) is 5.11. The van der Waals surface area contributed by atoms with E-state index in [0.29, 0.717) is 5.75 Å². The van der Waals surface area contributed by atoms with Crippen molar-refractivity contribution in [2.45, 2.75) is 13.5 Å². The Labute approximate surface area is 104 Å². The van der Waals surface area contributed by atoms with E-state index in [1.165, 1.54) is 0 Å². The maximum Gasteiger partial charge on any atom is 0.441 e. The van der Waals surface area contributed by atoms with Crippen LogP contribution in [-0.4, -0.2) is 29.4 Å². The predicted octanol–water partition coefficient (Wildman–Crippen LogP) is 0.998. The molecule has 0 heterocycles. The van der Waals surface area contributed by atoms with Crippen molar-refractivity contribution < 1.29 is 23.9 Å². The Balaban J connectivity index is 2.62. The number of rotatable bonds is 5. The topological polar surface area (TPSA) is 89.0 Å². The van der Waals surface area contributed by atoms with Gasteiger partial charge in [0.25, 0.3) is 0 Å². The lowest BCUT2D eigenvalue weighted by Crippen LogP contribution is -2.25. The zero-order valence-electron chi connectivity index (χ0n) is 10.0. The van der Waals surface area contributed by atoms with E-state index in [9.17, 15) is 9.59 Å². The minimum Gasteiger partial charge on any atom is -0.497 e. The van der Waals surface area contributed by atoms with Crippen LogP contribution < -0.4 is 4.74 Å². The minimum absolute atomic E-state index is 0.0187. The van der Waals surface area contributed by atoms with Crippen LogP contribution in [0.4, 0.5) is 0 Å². The number of methoxy groups -OCH3 is 1. The highest BCUT2D eigenvalue weighted by Gasteiger charge is 2.27. The molecule has 94 valence electrons. The van der Waals surface area contributed by atoms with Crippen LogP contribution in [0, 0.1) is 0 Å². The van der Waals surface area contributed by atoms with Gasteiger partial charge >= 0.3 is 11.7 Å². The quantitative estimate of drug-likeness (QED) is 0.255. The van der Waals surface area contributed by atoms with E-state index in [0.717, 1.165) is 12.5 Å². The minimum atomic E-state index is -0.958. The number of hydrogen-bond acceptors (Lipinski definition) is 4. The monoisotopic (exact) mass is 248 g/mol. The van der Waals surface area contributed by atoms with Gasteiger partial charge in [-0.05, 0) is 17.7 Å². The highest BCUT2D eigenvalue weighted by Crippen LogP contribution is 2.11. The number of carbonyl (C=O) groups excluding carboxylic acids is 2. The fourth-order valence-electron chi connectivity index (χ4n) is 1.19. The van der Waals surface area contributed by atoms with Gasteiger partial charge in [0.05, 0.1) is 7.11 Å². The number of esters is 1. The Kier molecular flexibility index (Phi) is 4.78. The van der Waals surface area contributed by atoms with Crippen LogP contribution in [0.2, 0.25) is 0 Å². The fourth-order valence-corrected chi connectivity index (χ4v) is 1.19. The Morgan fingerprint density at radius 2 is 1.89 bits per heavy atom. The summed E-state index contributed by atoms with van der Waals surface area (Å²) in [5, 5.41) is 0. The molecule has 18 heavy (non-hydrogen) atoms. The molecule has 0 radical (unpaired) electrons. The average Bonchev–Trinajstić information content (AvgIpc) is 2.37. The van der Waals surface area contributed by atoms with Crippen molar-refractivity contribution in [3.8, 4) is 5.75 Å². The van der Waals surface area contributed by atoms with Crippen molar-refractivity contribution in [3.05, 3.63) is 35.4 Å². The standard InChI is InChI=1S/C12H12N2O4/c1-8(15)11(14-13)12(16)18-7-9-3-5-10(17-2)6-4-9/h3-6H,7H2,1-2H3. The van der Waals surface area contributed by atoms with E-state index in [-0.39, 0.29) is 6.61 Å². The number of Topliss-reactive ketones (excluding diaryl/α,β-unsaturated/α-hetero) is 1. The lowest BCUT2D eigenvalue weighted by molar-refractivity contribution is -0.143. The molecule has 1 rings (SSSR count). The van der Waals surface area contributed by atoms with Crippen molar-refractivity contribution in [1.82, 2.24) is 0 Å². The molecule has 0 spiro atoms. The third kappa shape index (κ3) is 3.54. The fraction of sp³-hybridized carbons (Fsp3) is 0.250. The molecule has 0 aliphatic carbocycles. The molecule has 0 aromatic heterocycles. The zero-order chi connectivity index (χ0) is 13.5. The van der Waals surface area contributed by atoms with Crippen LogP contribution in [0.5, 0.6) is 5.75 Å². The van der Waals surface area contributed by atoms with Gasteiger partial charge in [0.2, 0.25) is 5.78 Å².